The van der Waals surface area contributed by atoms with Crippen LogP contribution in [0, 0.1) is 5.41 Å². The zero-order chi connectivity index (χ0) is 18.3. The monoisotopic (exact) mass is 339 g/mol. The van der Waals surface area contributed by atoms with Crippen LogP contribution in [0.1, 0.15) is 29.6 Å². The van der Waals surface area contributed by atoms with E-state index in [4.69, 9.17) is 20.4 Å². The van der Waals surface area contributed by atoms with Crippen molar-refractivity contribution in [1.29, 1.82) is 0 Å². The van der Waals surface area contributed by atoms with E-state index in [0.29, 0.717) is 5.69 Å². The minimum absolute atomic E-state index is 0.0210. The van der Waals surface area contributed by atoms with Crippen molar-refractivity contribution < 1.29 is 39.6 Å². The van der Waals surface area contributed by atoms with Gasteiger partial charge in [-0.3, -0.25) is 14.4 Å². The molecule has 130 valence electrons. The summed E-state index contributed by atoms with van der Waals surface area (Å²) in [7, 11) is 0. The highest BCUT2D eigenvalue weighted by Gasteiger charge is 2.53. The van der Waals surface area contributed by atoms with Crippen molar-refractivity contribution >= 4 is 29.6 Å². The Morgan fingerprint density at radius 3 is 1.92 bits per heavy atom. The van der Waals surface area contributed by atoms with Gasteiger partial charge >= 0.3 is 23.9 Å². The van der Waals surface area contributed by atoms with Gasteiger partial charge in [-0.1, -0.05) is 12.1 Å². The van der Waals surface area contributed by atoms with E-state index in [1.54, 1.807) is 18.2 Å². The molecule has 9 heteroatoms. The maximum atomic E-state index is 11.1. The Labute approximate surface area is 136 Å². The van der Waals surface area contributed by atoms with Crippen LogP contribution < -0.4 is 5.32 Å². The summed E-state index contributed by atoms with van der Waals surface area (Å²) in [6.07, 6.45) is -0.286. The first-order chi connectivity index (χ1) is 11.2. The summed E-state index contributed by atoms with van der Waals surface area (Å²) in [5.41, 5.74) is -2.45. The minimum atomic E-state index is -2.88. The fourth-order valence-corrected chi connectivity index (χ4v) is 2.16. The quantitative estimate of drug-likeness (QED) is 0.311. The van der Waals surface area contributed by atoms with Crippen molar-refractivity contribution in [2.45, 2.75) is 19.3 Å². The van der Waals surface area contributed by atoms with Gasteiger partial charge in [-0.15, -0.1) is 0 Å². The Morgan fingerprint density at radius 2 is 1.42 bits per heavy atom. The molecule has 24 heavy (non-hydrogen) atoms. The maximum absolute atomic E-state index is 11.1. The number of aliphatic carboxylic acids is 3. The lowest BCUT2D eigenvalue weighted by Gasteiger charge is -2.19. The molecule has 0 fully saturated rings. The molecule has 0 aliphatic rings. The fourth-order valence-electron chi connectivity index (χ4n) is 2.16. The topological polar surface area (TPSA) is 161 Å². The van der Waals surface area contributed by atoms with Gasteiger partial charge in [-0.25, -0.2) is 4.79 Å². The van der Waals surface area contributed by atoms with Crippen molar-refractivity contribution in [3.8, 4) is 0 Å². The number of anilines is 1. The minimum Gasteiger partial charge on any atom is -0.480 e. The number of rotatable bonds is 10. The number of benzene rings is 1. The number of nitrogens with one attached hydrogen (secondary N) is 1. The molecule has 0 unspecified atom stereocenters. The van der Waals surface area contributed by atoms with Crippen LogP contribution in [0.5, 0.6) is 0 Å². The van der Waals surface area contributed by atoms with Crippen LogP contribution in [0.25, 0.3) is 0 Å². The average molecular weight is 339 g/mol. The highest BCUT2D eigenvalue weighted by Crippen LogP contribution is 2.26. The number of unbranched alkanes of at least 4 members (excludes halogenated alkanes) is 1. The summed E-state index contributed by atoms with van der Waals surface area (Å²) in [5.74, 6) is -6.88. The molecule has 0 heterocycles. The zero-order valence-corrected chi connectivity index (χ0v) is 12.6. The largest absolute Gasteiger partial charge is 0.480 e. The second-order valence-electron chi connectivity index (χ2n) is 5.06. The third-order valence-electron chi connectivity index (χ3n) is 3.55. The number of carboxylic acids is 4. The third kappa shape index (κ3) is 4.00. The molecule has 0 amide bonds. The Morgan fingerprint density at radius 1 is 0.875 bits per heavy atom. The molecule has 9 nitrogen and oxygen atoms in total. The second kappa shape index (κ2) is 7.95. The van der Waals surface area contributed by atoms with Crippen LogP contribution in [0.15, 0.2) is 24.3 Å². The summed E-state index contributed by atoms with van der Waals surface area (Å²) in [6, 6.07) is 6.17. The zero-order valence-electron chi connectivity index (χ0n) is 12.6. The Balaban J connectivity index is 2.62. The normalized spacial score (nSPS) is 10.8. The lowest BCUT2D eigenvalue weighted by molar-refractivity contribution is -0.176. The van der Waals surface area contributed by atoms with Crippen LogP contribution in [-0.2, 0) is 14.4 Å². The molecule has 0 aliphatic heterocycles. The highest BCUT2D eigenvalue weighted by molar-refractivity contribution is 6.16. The average Bonchev–Trinajstić information content (AvgIpc) is 2.49. The van der Waals surface area contributed by atoms with Gasteiger partial charge in [-0.2, -0.15) is 0 Å². The second-order valence-corrected chi connectivity index (χ2v) is 5.06. The first-order valence-electron chi connectivity index (χ1n) is 7.00. The van der Waals surface area contributed by atoms with Gasteiger partial charge in [0.15, 0.2) is 0 Å². The smallest absolute Gasteiger partial charge is 0.337 e. The van der Waals surface area contributed by atoms with Crippen LogP contribution in [0.4, 0.5) is 5.69 Å². The SMILES string of the molecule is O=C(O)c1ccccc1NCCCCC(C(=O)O)(C(=O)O)C(=O)O. The van der Waals surface area contributed by atoms with E-state index in [9.17, 15) is 19.2 Å². The number of hydrogen-bond acceptors (Lipinski definition) is 5. The van der Waals surface area contributed by atoms with E-state index in [1.807, 2.05) is 0 Å². The molecule has 1 rings (SSSR count). The highest BCUT2D eigenvalue weighted by atomic mass is 16.4. The van der Waals surface area contributed by atoms with Crippen molar-refractivity contribution in [2.24, 2.45) is 5.41 Å². The van der Waals surface area contributed by atoms with Gasteiger partial charge < -0.3 is 25.7 Å². The van der Waals surface area contributed by atoms with Gasteiger partial charge in [0, 0.05) is 12.2 Å². The van der Waals surface area contributed by atoms with E-state index < -0.39 is 35.7 Å². The van der Waals surface area contributed by atoms with Gasteiger partial charge in [-0.05, 0) is 31.4 Å². The molecule has 0 aliphatic carbocycles. The van der Waals surface area contributed by atoms with E-state index >= 15 is 0 Å². The standard InChI is InChI=1S/C15H17NO8/c17-11(18)9-5-1-2-6-10(9)16-8-4-3-7-15(12(19)20,13(21)22)14(23)24/h1-2,5-6,16H,3-4,7-8H2,(H,17,18)(H,19,20)(H,21,22)(H,23,24). The molecule has 0 atom stereocenters. The van der Waals surface area contributed by atoms with Crippen molar-refractivity contribution in [3.63, 3.8) is 0 Å². The molecule has 5 N–H and O–H groups in total. The lowest BCUT2D eigenvalue weighted by Crippen LogP contribution is -2.46. The van der Waals surface area contributed by atoms with Gasteiger partial charge in [0.1, 0.15) is 0 Å². The lowest BCUT2D eigenvalue weighted by atomic mass is 9.83. The van der Waals surface area contributed by atoms with Crippen molar-refractivity contribution in [3.05, 3.63) is 29.8 Å². The van der Waals surface area contributed by atoms with Crippen molar-refractivity contribution in [2.75, 3.05) is 11.9 Å². The van der Waals surface area contributed by atoms with Gasteiger partial charge in [0.2, 0.25) is 0 Å². The van der Waals surface area contributed by atoms with E-state index in [2.05, 4.69) is 5.32 Å². The summed E-state index contributed by atoms with van der Waals surface area (Å²) in [6.45, 7) is 0.235. The van der Waals surface area contributed by atoms with E-state index in [-0.39, 0.29) is 24.9 Å². The van der Waals surface area contributed by atoms with Crippen LogP contribution in [0.2, 0.25) is 0 Å². The molecule has 0 spiro atoms. The summed E-state index contributed by atoms with van der Waals surface area (Å²) in [4.78, 5) is 44.2. The molecular weight excluding hydrogens is 322 g/mol. The third-order valence-corrected chi connectivity index (χ3v) is 3.55. The van der Waals surface area contributed by atoms with Crippen LogP contribution in [0.3, 0.4) is 0 Å². The Hall–Kier alpha value is -3.10. The molecule has 0 radical (unpaired) electrons. The molecule has 0 bridgehead atoms. The first-order valence-corrected chi connectivity index (χ1v) is 7.00. The maximum Gasteiger partial charge on any atom is 0.337 e. The molecule has 0 saturated heterocycles. The number of para-hydroxylation sites is 1. The van der Waals surface area contributed by atoms with Crippen LogP contribution >= 0.6 is 0 Å². The molecule has 0 saturated carbocycles. The van der Waals surface area contributed by atoms with E-state index in [0.717, 1.165) is 0 Å². The Bertz CT molecular complexity index is 619. The summed E-state index contributed by atoms with van der Waals surface area (Å²) in [5, 5.41) is 38.7. The van der Waals surface area contributed by atoms with E-state index in [1.165, 1.54) is 6.07 Å². The molecule has 1 aromatic carbocycles. The van der Waals surface area contributed by atoms with Crippen LogP contribution in [-0.4, -0.2) is 50.8 Å². The van der Waals surface area contributed by atoms with Gasteiger partial charge in [0.05, 0.1) is 5.56 Å². The first kappa shape index (κ1) is 18.9. The number of carbonyl (C=O) groups is 4. The number of hydrogen-bond donors (Lipinski definition) is 5. The number of carboxylic acid groups (broad SMARTS) is 4. The number of aromatic carboxylic acids is 1. The molecular formula is C15H17NO8. The Kier molecular flexibility index (Phi) is 6.28. The van der Waals surface area contributed by atoms with Crippen molar-refractivity contribution in [1.82, 2.24) is 0 Å². The summed E-state index contributed by atoms with van der Waals surface area (Å²) >= 11 is 0. The molecule has 0 aromatic heterocycles. The molecule has 1 aromatic rings. The predicted molar refractivity (Wildman–Crippen MR) is 81.1 cm³/mol. The van der Waals surface area contributed by atoms with Gasteiger partial charge in [0.25, 0.3) is 5.41 Å². The fraction of sp³-hybridized carbons (Fsp3) is 0.333. The predicted octanol–water partition coefficient (Wildman–Crippen LogP) is 1.21. The summed E-state index contributed by atoms with van der Waals surface area (Å²) < 4.78 is 0.